The maximum absolute atomic E-state index is 13.2. The van der Waals surface area contributed by atoms with E-state index < -0.39 is 0 Å². The quantitative estimate of drug-likeness (QED) is 0.727. The molecule has 0 aromatic heterocycles. The van der Waals surface area contributed by atoms with Gasteiger partial charge in [-0.15, -0.1) is 0 Å². The molecule has 0 fully saturated rings. The number of esters is 1. The van der Waals surface area contributed by atoms with Crippen molar-refractivity contribution in [1.82, 2.24) is 4.90 Å². The molecular weight excluding hydrogens is 237 g/mol. The molecule has 1 rings (SSSR count). The highest BCUT2D eigenvalue weighted by Gasteiger charge is 2.11. The molecule has 0 spiro atoms. The molecule has 0 unspecified atom stereocenters. The lowest BCUT2D eigenvalue weighted by Crippen LogP contribution is -2.27. The number of hydrogen-bond acceptors (Lipinski definition) is 4. The summed E-state index contributed by atoms with van der Waals surface area (Å²) in [6.07, 6.45) is 0. The van der Waals surface area contributed by atoms with Crippen LogP contribution in [0.15, 0.2) is 18.2 Å². The Bertz CT molecular complexity index is 409. The Morgan fingerprint density at radius 3 is 2.78 bits per heavy atom. The van der Waals surface area contributed by atoms with Crippen molar-refractivity contribution in [3.05, 3.63) is 29.6 Å². The van der Waals surface area contributed by atoms with E-state index >= 15 is 0 Å². The van der Waals surface area contributed by atoms with Crippen LogP contribution in [0, 0.1) is 5.82 Å². The smallest absolute Gasteiger partial charge is 0.320 e. The van der Waals surface area contributed by atoms with Gasteiger partial charge in [0.25, 0.3) is 0 Å². The monoisotopic (exact) mass is 255 g/mol. The molecule has 1 aromatic carbocycles. The molecule has 0 amide bonds. The molecule has 18 heavy (non-hydrogen) atoms. The maximum atomic E-state index is 13.2. The van der Waals surface area contributed by atoms with Crippen molar-refractivity contribution >= 4 is 5.97 Å². The predicted molar refractivity (Wildman–Crippen MR) is 65.9 cm³/mol. The predicted octanol–water partition coefficient (Wildman–Crippen LogP) is 1.83. The Morgan fingerprint density at radius 2 is 2.17 bits per heavy atom. The van der Waals surface area contributed by atoms with E-state index in [1.165, 1.54) is 19.2 Å². The highest BCUT2D eigenvalue weighted by Crippen LogP contribution is 2.20. The van der Waals surface area contributed by atoms with Crippen LogP contribution in [0.5, 0.6) is 5.75 Å². The standard InChI is InChI=1S/C13H18FNO3/c1-4-18-13(16)9-15(2)8-10-7-11(14)5-6-12(10)17-3/h5-7H,4,8-9H2,1-3H3. The number of hydrogen-bond donors (Lipinski definition) is 0. The first-order valence-electron chi connectivity index (χ1n) is 5.73. The Kier molecular flexibility index (Phi) is 5.58. The van der Waals surface area contributed by atoms with E-state index in [1.807, 2.05) is 0 Å². The first kappa shape index (κ1) is 14.4. The minimum absolute atomic E-state index is 0.160. The fourth-order valence-electron chi connectivity index (χ4n) is 1.64. The summed E-state index contributed by atoms with van der Waals surface area (Å²) in [5.41, 5.74) is 0.698. The number of methoxy groups -OCH3 is 1. The summed E-state index contributed by atoms with van der Waals surface area (Å²) in [5.74, 6) is -0.0159. The van der Waals surface area contributed by atoms with Crippen molar-refractivity contribution in [3.63, 3.8) is 0 Å². The number of carbonyl (C=O) groups is 1. The van der Waals surface area contributed by atoms with Gasteiger partial charge in [0, 0.05) is 12.1 Å². The average Bonchev–Trinajstić information content (AvgIpc) is 2.29. The third-order valence-electron chi connectivity index (χ3n) is 2.39. The number of rotatable bonds is 6. The SMILES string of the molecule is CCOC(=O)CN(C)Cc1cc(F)ccc1OC. The Hall–Kier alpha value is -1.62. The van der Waals surface area contributed by atoms with Crippen LogP contribution in [0.2, 0.25) is 0 Å². The summed E-state index contributed by atoms with van der Waals surface area (Å²) >= 11 is 0. The Labute approximate surface area is 106 Å². The zero-order valence-electron chi connectivity index (χ0n) is 10.9. The molecule has 0 atom stereocenters. The van der Waals surface area contributed by atoms with Crippen LogP contribution >= 0.6 is 0 Å². The van der Waals surface area contributed by atoms with E-state index in [0.29, 0.717) is 24.5 Å². The molecule has 0 saturated carbocycles. The van der Waals surface area contributed by atoms with Gasteiger partial charge in [-0.1, -0.05) is 0 Å². The van der Waals surface area contributed by atoms with Gasteiger partial charge in [0.15, 0.2) is 0 Å². The fourth-order valence-corrected chi connectivity index (χ4v) is 1.64. The Balaban J connectivity index is 2.66. The summed E-state index contributed by atoms with van der Waals surface area (Å²) in [4.78, 5) is 13.0. The summed E-state index contributed by atoms with van der Waals surface area (Å²) in [6.45, 7) is 2.69. The van der Waals surface area contributed by atoms with Crippen molar-refractivity contribution < 1.29 is 18.7 Å². The van der Waals surface area contributed by atoms with E-state index in [-0.39, 0.29) is 18.3 Å². The van der Waals surface area contributed by atoms with Gasteiger partial charge in [-0.3, -0.25) is 9.69 Å². The van der Waals surface area contributed by atoms with Crippen molar-refractivity contribution in [2.75, 3.05) is 27.3 Å². The van der Waals surface area contributed by atoms with Crippen LogP contribution < -0.4 is 4.74 Å². The van der Waals surface area contributed by atoms with E-state index in [4.69, 9.17) is 9.47 Å². The first-order valence-corrected chi connectivity index (χ1v) is 5.73. The summed E-state index contributed by atoms with van der Waals surface area (Å²) in [7, 11) is 3.29. The van der Waals surface area contributed by atoms with Crippen molar-refractivity contribution in [3.8, 4) is 5.75 Å². The molecular formula is C13H18FNO3. The van der Waals surface area contributed by atoms with Crippen molar-refractivity contribution in [2.45, 2.75) is 13.5 Å². The van der Waals surface area contributed by atoms with Gasteiger partial charge < -0.3 is 9.47 Å². The van der Waals surface area contributed by atoms with Crippen LogP contribution in [0.25, 0.3) is 0 Å². The van der Waals surface area contributed by atoms with E-state index in [9.17, 15) is 9.18 Å². The lowest BCUT2D eigenvalue weighted by molar-refractivity contribution is -0.144. The lowest BCUT2D eigenvalue weighted by Gasteiger charge is -2.17. The van der Waals surface area contributed by atoms with Crippen molar-refractivity contribution in [2.24, 2.45) is 0 Å². The zero-order valence-corrected chi connectivity index (χ0v) is 10.9. The number of carbonyl (C=O) groups excluding carboxylic acids is 1. The van der Waals surface area contributed by atoms with E-state index in [0.717, 1.165) is 0 Å². The number of benzene rings is 1. The molecule has 0 saturated heterocycles. The molecule has 0 aliphatic carbocycles. The van der Waals surface area contributed by atoms with Gasteiger partial charge in [0.1, 0.15) is 11.6 Å². The topological polar surface area (TPSA) is 38.8 Å². The molecule has 0 aliphatic heterocycles. The van der Waals surface area contributed by atoms with Crippen LogP contribution in [0.4, 0.5) is 4.39 Å². The summed E-state index contributed by atoms with van der Waals surface area (Å²) in [5, 5.41) is 0. The molecule has 0 N–H and O–H groups in total. The number of ether oxygens (including phenoxy) is 2. The van der Waals surface area contributed by atoms with Gasteiger partial charge in [-0.25, -0.2) is 4.39 Å². The summed E-state index contributed by atoms with van der Waals surface area (Å²) < 4.78 is 23.1. The third-order valence-corrected chi connectivity index (χ3v) is 2.39. The second-order valence-electron chi connectivity index (χ2n) is 3.93. The van der Waals surface area contributed by atoms with Gasteiger partial charge in [0.2, 0.25) is 0 Å². The second kappa shape index (κ2) is 6.96. The van der Waals surface area contributed by atoms with Crippen LogP contribution in [-0.2, 0) is 16.1 Å². The number of halogens is 1. The van der Waals surface area contributed by atoms with Gasteiger partial charge in [-0.05, 0) is 32.2 Å². The largest absolute Gasteiger partial charge is 0.496 e. The third kappa shape index (κ3) is 4.33. The molecule has 0 radical (unpaired) electrons. The molecule has 100 valence electrons. The highest BCUT2D eigenvalue weighted by atomic mass is 19.1. The van der Waals surface area contributed by atoms with Gasteiger partial charge in [0.05, 0.1) is 20.3 Å². The van der Waals surface area contributed by atoms with E-state index in [1.54, 1.807) is 24.9 Å². The fraction of sp³-hybridized carbons (Fsp3) is 0.462. The molecule has 4 nitrogen and oxygen atoms in total. The second-order valence-corrected chi connectivity index (χ2v) is 3.93. The Morgan fingerprint density at radius 1 is 1.44 bits per heavy atom. The zero-order chi connectivity index (χ0) is 13.5. The minimum atomic E-state index is -0.324. The molecule has 1 aromatic rings. The van der Waals surface area contributed by atoms with Crippen LogP contribution in [0.1, 0.15) is 12.5 Å². The van der Waals surface area contributed by atoms with E-state index in [2.05, 4.69) is 0 Å². The molecule has 0 aliphatic rings. The van der Waals surface area contributed by atoms with Crippen molar-refractivity contribution in [1.29, 1.82) is 0 Å². The van der Waals surface area contributed by atoms with Crippen LogP contribution in [-0.4, -0.2) is 38.2 Å². The molecule has 0 heterocycles. The normalized spacial score (nSPS) is 10.5. The first-order chi connectivity index (χ1) is 8.56. The molecule has 0 bridgehead atoms. The van der Waals surface area contributed by atoms with Gasteiger partial charge >= 0.3 is 5.97 Å². The average molecular weight is 255 g/mol. The number of likely N-dealkylation sites (N-methyl/N-ethyl adjacent to an activating group) is 1. The van der Waals surface area contributed by atoms with Gasteiger partial charge in [-0.2, -0.15) is 0 Å². The molecule has 5 heteroatoms. The highest BCUT2D eigenvalue weighted by molar-refractivity contribution is 5.71. The van der Waals surface area contributed by atoms with Crippen LogP contribution in [0.3, 0.4) is 0 Å². The maximum Gasteiger partial charge on any atom is 0.320 e. The summed E-state index contributed by atoms with van der Waals surface area (Å²) in [6, 6.07) is 4.32. The minimum Gasteiger partial charge on any atom is -0.496 e. The number of nitrogens with zero attached hydrogens (tertiary/aromatic N) is 1. The lowest BCUT2D eigenvalue weighted by atomic mass is 10.2.